The lowest BCUT2D eigenvalue weighted by Gasteiger charge is -2.22. The summed E-state index contributed by atoms with van der Waals surface area (Å²) in [6.07, 6.45) is -1.10. The number of alkyl carbamates (subject to hydrolysis) is 1. The Labute approximate surface area is 876 Å². The summed E-state index contributed by atoms with van der Waals surface area (Å²) >= 11 is 12.1. The van der Waals surface area contributed by atoms with Gasteiger partial charge in [0, 0.05) is 50.3 Å². The fourth-order valence-electron chi connectivity index (χ4n) is 12.3. The molecule has 12 aromatic heterocycles. The molecular weight excluding hydrogens is 2130 g/mol. The average molecular weight is 2250 g/mol. The molecule has 0 unspecified atom stereocenters. The number of aryl methyl sites for hydroxylation is 4. The molecule has 49 heteroatoms. The minimum absolute atomic E-state index is 0. The van der Waals surface area contributed by atoms with Crippen molar-refractivity contribution in [3.05, 3.63) is 299 Å². The van der Waals surface area contributed by atoms with Crippen LogP contribution in [0.2, 0.25) is 0 Å². The number of hydrogen-bond donors (Lipinski definition) is 11. The number of carbonyl (C=O) groups excluding carboxylic acids is 1. The van der Waals surface area contributed by atoms with E-state index in [2.05, 4.69) is 103 Å². The number of anilines is 1. The highest BCUT2D eigenvalue weighted by Gasteiger charge is 2.38. The number of aromatic nitrogens is 16. The number of nitrogens with two attached hydrogens (primary N) is 1. The zero-order valence-electron chi connectivity index (χ0n) is 72.3. The molecule has 0 aliphatic rings. The molecule has 17 rings (SSSR count). The van der Waals surface area contributed by atoms with Crippen LogP contribution in [0.5, 0.6) is 0 Å². The lowest BCUT2D eigenvalue weighted by atomic mass is 9.80. The first-order valence-corrected chi connectivity index (χ1v) is 44.1. The van der Waals surface area contributed by atoms with E-state index in [9.17, 15) is 59.5 Å². The molecule has 12 heterocycles. The van der Waals surface area contributed by atoms with Crippen molar-refractivity contribution in [2.75, 3.05) is 5.32 Å². The molecule has 784 valence electrons. The van der Waals surface area contributed by atoms with Gasteiger partial charge in [0.05, 0.1) is 58.5 Å². The molecule has 5 aromatic carbocycles. The van der Waals surface area contributed by atoms with Gasteiger partial charge in [0.15, 0.2) is 43.1 Å². The number of aromatic amines is 2. The number of nitrogens with one attached hydrogen (secondary N) is 4. The number of alkyl halides is 3. The number of halogens is 9. The topological polar surface area (TPSA) is 486 Å². The second-order valence-electron chi connectivity index (χ2n) is 29.6. The zero-order valence-corrected chi connectivity index (χ0v) is 80.7. The number of aliphatic hydroxyl groups is 1. The SMILES string of the molecule is Brc1ncnc2nc[nH]c12.C.C.C.C.C.C.C.C.C.C.Cc1csc2nc([C@H](C)N)c(-c3cccc(F)c3)c(=O)n12.Cc1csc2nc([C@H](C)NC(=O)OC(C)(C)C)c(-c3cccc(F)c3)c(=O)n12.Cc1csc2nc([C@H](C)Nc3ncnc4nc[nH]c34)c(-c3cccc(F)c3)c(=O)n12.Cc1csc2nc([C@H](C)[NH3+])c(Br)c(=O)n12.O=C(O)C(F)(F)F.O=C(O)[C@@H](O)c1ccccc1.OB(O)c1cccc(F)c1.S.S. The second kappa shape index (κ2) is 59.8. The quantitative estimate of drug-likeness (QED) is 0.0290. The van der Waals surface area contributed by atoms with Crippen LogP contribution in [0.15, 0.2) is 202 Å². The fourth-order valence-corrected chi connectivity index (χ4v) is 16.8. The van der Waals surface area contributed by atoms with Gasteiger partial charge in [-0.3, -0.25) is 36.8 Å². The first kappa shape index (κ1) is 136. The largest absolute Gasteiger partial charge is 0.490 e. The Morgan fingerprint density at radius 3 is 1.21 bits per heavy atom. The number of amides is 1. The van der Waals surface area contributed by atoms with E-state index in [1.165, 1.54) is 127 Å². The van der Waals surface area contributed by atoms with Gasteiger partial charge in [-0.2, -0.15) is 40.2 Å². The molecule has 1 amide bonds. The van der Waals surface area contributed by atoms with Crippen LogP contribution >= 0.6 is 104 Å². The highest BCUT2D eigenvalue weighted by Crippen LogP contribution is 2.33. The van der Waals surface area contributed by atoms with Gasteiger partial charge in [0.2, 0.25) is 0 Å². The highest BCUT2D eigenvalue weighted by atomic mass is 79.9. The molecule has 14 N–H and O–H groups in total. The number of hydrogen-bond acceptors (Lipinski definition) is 27. The molecule has 144 heavy (non-hydrogen) atoms. The fraction of sp³-hybridized carbons (Fsp3) is 0.295. The molecule has 0 saturated carbocycles. The number of aliphatic carboxylic acids is 2. The normalized spacial score (nSPS) is 11.2. The highest BCUT2D eigenvalue weighted by molar-refractivity contribution is 9.10. The molecule has 0 fully saturated rings. The van der Waals surface area contributed by atoms with Crippen LogP contribution < -0.4 is 49.8 Å². The summed E-state index contributed by atoms with van der Waals surface area (Å²) < 4.78 is 98.1. The molecule has 17 aromatic rings. The summed E-state index contributed by atoms with van der Waals surface area (Å²) in [5.41, 5.74) is 19.4. The predicted octanol–water partition coefficient (Wildman–Crippen LogP) is 20.8. The number of quaternary nitrogens is 1. The number of rotatable bonds is 13. The Kier molecular flexibility index (Phi) is 56.3. The Bertz CT molecular complexity index is 7290. The molecule has 0 saturated heterocycles. The van der Waals surface area contributed by atoms with Crippen LogP contribution in [0.25, 0.3) is 75.6 Å². The first-order valence-electron chi connectivity index (χ1n) is 39.0. The lowest BCUT2D eigenvalue weighted by molar-refractivity contribution is -0.421. The number of carboxylic acid groups (broad SMARTS) is 2. The van der Waals surface area contributed by atoms with Crippen molar-refractivity contribution in [1.82, 2.24) is 82.7 Å². The summed E-state index contributed by atoms with van der Waals surface area (Å²) in [7, 11) is -1.59. The van der Waals surface area contributed by atoms with Crippen LogP contribution in [0, 0.1) is 51.0 Å². The van der Waals surface area contributed by atoms with Crippen molar-refractivity contribution in [3.8, 4) is 33.4 Å². The second-order valence-corrected chi connectivity index (χ2v) is 34.4. The third-order valence-electron chi connectivity index (χ3n) is 18.3. The number of benzene rings is 5. The van der Waals surface area contributed by atoms with Gasteiger partial charge >= 0.3 is 31.3 Å². The summed E-state index contributed by atoms with van der Waals surface area (Å²) in [6, 6.07) is 29.7. The van der Waals surface area contributed by atoms with E-state index in [1.807, 2.05) is 63.1 Å². The van der Waals surface area contributed by atoms with E-state index in [-0.39, 0.29) is 141 Å². The van der Waals surface area contributed by atoms with Gasteiger partial charge < -0.3 is 62.2 Å². The van der Waals surface area contributed by atoms with Crippen molar-refractivity contribution >= 4 is 183 Å². The average Bonchev–Trinajstić information content (AvgIpc) is 1.50. The molecule has 0 aliphatic carbocycles. The van der Waals surface area contributed by atoms with Crippen molar-refractivity contribution in [1.29, 1.82) is 0 Å². The lowest BCUT2D eigenvalue weighted by Crippen LogP contribution is -2.52. The van der Waals surface area contributed by atoms with E-state index >= 15 is 0 Å². The van der Waals surface area contributed by atoms with E-state index in [4.69, 9.17) is 45.6 Å². The number of fused-ring (bicyclic) bond motifs is 6. The summed E-state index contributed by atoms with van der Waals surface area (Å²) in [4.78, 5) is 134. The minimum Gasteiger partial charge on any atom is -0.479 e. The first-order chi connectivity index (χ1) is 62.3. The number of H-pyrrole nitrogens is 2. The summed E-state index contributed by atoms with van der Waals surface area (Å²) in [6.45, 7) is 20.0. The van der Waals surface area contributed by atoms with Crippen molar-refractivity contribution < 1.29 is 81.0 Å². The van der Waals surface area contributed by atoms with Crippen LogP contribution in [-0.4, -0.2) is 140 Å². The van der Waals surface area contributed by atoms with Crippen LogP contribution in [0.1, 0.15) is 204 Å². The van der Waals surface area contributed by atoms with Gasteiger partial charge in [0.25, 0.3) is 22.2 Å². The standard InChI is InChI=1S/C20H16FN7OS.C20H22FN3O3S.C15H14FN3OS.C9H10BrN3OS.C8H8O3.C6H6BFO2.C5H3BrN4.C2HF3O2.10CH4.2H2S/c1-10-7-30-20-27-15(11(2)26-18-16-17(23-8-22-16)24-9-25-18)14(19(29)28(10)20)12-4-3-5-13(21)6-12;1-11-10-28-18-23-16(12(2)22-19(26)27-20(3,4)5)15(17(25)24(11)18)13-7-6-8-14(21)9-13;1-8-7-21-15-18-13(9(2)17)12(14(20)19(8)15)10-4-3-5-11(16)6-10;1-4-3-15-9-12-7(5(2)11)6(10)8(14)13(4)9;9-7(8(10)11)6-4-2-1-3-5-6;8-6-3-1-2-5(4-6)7(9)10;6-4-3-5(9-1-7-3)10-2-8-4;3-2(4,5)1(6)7;;;;;;;;;;;;/h3-9,11H,1-2H3,(H2,22,23,24,25,26);6-10,12H,1-5H3,(H,22,26);3-7,9H,17H2,1-2H3;3,5H,11H2,1-2H3;1-5,7,9H,(H,10,11);1-4,9-10H;1-2H,(H,7,8,9,10);(H,6,7);10*1H4;2*1H2/p+1/t11-;12-;9-;5-;7-;;;;;;;;;;;;;;;/m00000.............../s1. The van der Waals surface area contributed by atoms with Crippen LogP contribution in [0.3, 0.4) is 0 Å². The van der Waals surface area contributed by atoms with Gasteiger partial charge in [-0.1, -0.05) is 153 Å². The van der Waals surface area contributed by atoms with E-state index in [0.717, 1.165) is 49.6 Å². The third kappa shape index (κ3) is 34.1. The number of carboxylic acids is 2. The number of carbonyl (C=O) groups is 3. The zero-order chi connectivity index (χ0) is 96.7. The Balaban J connectivity index is -0.00000162. The predicted molar refractivity (Wildman–Crippen MR) is 582 cm³/mol. The van der Waals surface area contributed by atoms with Gasteiger partial charge in [-0.05, 0) is 184 Å². The Morgan fingerprint density at radius 2 is 0.854 bits per heavy atom. The molecule has 0 spiro atoms. The molecule has 0 bridgehead atoms. The van der Waals surface area contributed by atoms with Crippen molar-refractivity contribution in [2.45, 2.75) is 192 Å². The smallest absolute Gasteiger partial charge is 0.479 e. The molecule has 33 nitrogen and oxygen atoms in total. The molecule has 5 atom stereocenters. The van der Waals surface area contributed by atoms with Gasteiger partial charge in [-0.25, -0.2) is 81.8 Å². The number of nitrogens with zero attached hydrogens (tertiary/aromatic N) is 14. The maximum Gasteiger partial charge on any atom is 0.490 e. The van der Waals surface area contributed by atoms with Crippen LogP contribution in [0.4, 0.5) is 41.3 Å². The Hall–Kier alpha value is -12.4. The van der Waals surface area contributed by atoms with Gasteiger partial charge in [-0.15, -0.1) is 45.3 Å². The van der Waals surface area contributed by atoms with Crippen molar-refractivity contribution in [2.24, 2.45) is 5.73 Å². The summed E-state index contributed by atoms with van der Waals surface area (Å²) in [5.74, 6) is -5.17. The number of aliphatic hydroxyl groups excluding tert-OH is 1. The number of ether oxygens (including phenoxy) is 1. The van der Waals surface area contributed by atoms with E-state index < -0.39 is 84.4 Å². The molecule has 0 aliphatic heterocycles. The van der Waals surface area contributed by atoms with E-state index in [1.54, 1.807) is 117 Å². The third-order valence-corrected chi connectivity index (χ3v) is 23.4. The van der Waals surface area contributed by atoms with Crippen molar-refractivity contribution in [3.63, 3.8) is 0 Å². The van der Waals surface area contributed by atoms with Crippen LogP contribution in [-0.2, 0) is 14.3 Å². The summed E-state index contributed by atoms with van der Waals surface area (Å²) in [5, 5.41) is 55.1. The Morgan fingerprint density at radius 1 is 0.500 bits per heavy atom. The number of thiazole rings is 4. The molecule has 0 radical (unpaired) electrons. The van der Waals surface area contributed by atoms with E-state index in [0.29, 0.717) is 92.4 Å². The van der Waals surface area contributed by atoms with Gasteiger partial charge in [0.1, 0.15) is 73.4 Å². The number of imidazole rings is 2. The maximum absolute atomic E-state index is 14.0. The minimum atomic E-state index is -5.08. The maximum atomic E-state index is 14.0. The molecular formula is C95H125BBr2F7N20O13S6+. The monoisotopic (exact) mass is 2250 g/mol.